The molecule has 3 N–H and O–H groups in total. The Morgan fingerprint density at radius 3 is 2.48 bits per heavy atom. The molecule has 21 heavy (non-hydrogen) atoms. The third-order valence-corrected chi connectivity index (χ3v) is 5.66. The van der Waals surface area contributed by atoms with Crippen molar-refractivity contribution in [2.75, 3.05) is 6.61 Å². The van der Waals surface area contributed by atoms with E-state index in [2.05, 4.69) is 12.2 Å². The first kappa shape index (κ1) is 18.7. The minimum atomic E-state index is -0.788. The predicted molar refractivity (Wildman–Crippen MR) is 87.5 cm³/mol. The van der Waals surface area contributed by atoms with E-state index in [1.54, 1.807) is 0 Å². The van der Waals surface area contributed by atoms with Crippen molar-refractivity contribution in [3.63, 3.8) is 0 Å². The summed E-state index contributed by atoms with van der Waals surface area (Å²) in [6, 6.07) is 0.290. The molecular formula is C16H31ClN2O2. The quantitative estimate of drug-likeness (QED) is 0.837. The lowest BCUT2D eigenvalue weighted by atomic mass is 9.54. The van der Waals surface area contributed by atoms with Crippen LogP contribution < -0.4 is 11.1 Å². The maximum atomic E-state index is 12.6. The molecule has 0 aromatic carbocycles. The van der Waals surface area contributed by atoms with Gasteiger partial charge in [0.05, 0.1) is 6.10 Å². The molecule has 0 bridgehead atoms. The molecule has 0 saturated heterocycles. The van der Waals surface area contributed by atoms with E-state index in [-0.39, 0.29) is 29.8 Å². The molecule has 2 fully saturated rings. The number of carbonyl (C=O) groups is 1. The van der Waals surface area contributed by atoms with E-state index >= 15 is 0 Å². The van der Waals surface area contributed by atoms with E-state index in [1.807, 2.05) is 20.8 Å². The largest absolute Gasteiger partial charge is 0.378 e. The van der Waals surface area contributed by atoms with Crippen molar-refractivity contribution in [2.45, 2.75) is 77.5 Å². The van der Waals surface area contributed by atoms with Gasteiger partial charge in [0, 0.05) is 24.5 Å². The van der Waals surface area contributed by atoms with Gasteiger partial charge in [-0.25, -0.2) is 0 Å². The number of hydrogen-bond acceptors (Lipinski definition) is 3. The Kier molecular flexibility index (Phi) is 6.10. The minimum Gasteiger partial charge on any atom is -0.378 e. The summed E-state index contributed by atoms with van der Waals surface area (Å²) in [6.07, 6.45) is 5.48. The van der Waals surface area contributed by atoms with E-state index in [9.17, 15) is 4.79 Å². The average Bonchev–Trinajstić information content (AvgIpc) is 2.40. The average molecular weight is 319 g/mol. The Labute approximate surface area is 135 Å². The van der Waals surface area contributed by atoms with Crippen molar-refractivity contribution in [3.8, 4) is 0 Å². The fraction of sp³-hybridized carbons (Fsp3) is 0.938. The third-order valence-electron chi connectivity index (χ3n) is 5.66. The molecule has 5 heteroatoms. The van der Waals surface area contributed by atoms with Gasteiger partial charge in [-0.15, -0.1) is 12.4 Å². The van der Waals surface area contributed by atoms with Gasteiger partial charge in [0.2, 0.25) is 5.91 Å². The molecule has 124 valence electrons. The van der Waals surface area contributed by atoms with Crippen LogP contribution in [0, 0.1) is 11.3 Å². The van der Waals surface area contributed by atoms with Crippen LogP contribution >= 0.6 is 12.4 Å². The topological polar surface area (TPSA) is 64.3 Å². The van der Waals surface area contributed by atoms with E-state index in [0.717, 1.165) is 6.42 Å². The van der Waals surface area contributed by atoms with Crippen molar-refractivity contribution < 1.29 is 9.53 Å². The van der Waals surface area contributed by atoms with Crippen LogP contribution in [0.1, 0.15) is 59.8 Å². The van der Waals surface area contributed by atoms with Crippen LogP contribution in [0.4, 0.5) is 0 Å². The zero-order chi connectivity index (χ0) is 15.0. The fourth-order valence-electron chi connectivity index (χ4n) is 3.65. The number of nitrogens with one attached hydrogen (secondary N) is 1. The molecule has 0 aromatic rings. The van der Waals surface area contributed by atoms with Gasteiger partial charge in [0.1, 0.15) is 5.54 Å². The number of hydrogen-bond donors (Lipinski definition) is 2. The monoisotopic (exact) mass is 318 g/mol. The number of amides is 1. The fourth-order valence-corrected chi connectivity index (χ4v) is 3.65. The summed E-state index contributed by atoms with van der Waals surface area (Å²) < 4.78 is 5.69. The van der Waals surface area contributed by atoms with Gasteiger partial charge >= 0.3 is 0 Å². The van der Waals surface area contributed by atoms with Crippen LogP contribution in [0.15, 0.2) is 0 Å². The Morgan fingerprint density at radius 2 is 1.95 bits per heavy atom. The molecule has 4 unspecified atom stereocenters. The first-order valence-corrected chi connectivity index (χ1v) is 8.04. The Hall–Kier alpha value is -0.320. The molecule has 0 aliphatic heterocycles. The van der Waals surface area contributed by atoms with Crippen LogP contribution in [-0.4, -0.2) is 30.2 Å². The highest BCUT2D eigenvalue weighted by atomic mass is 35.5. The highest BCUT2D eigenvalue weighted by Crippen LogP contribution is 2.50. The van der Waals surface area contributed by atoms with E-state index < -0.39 is 5.54 Å². The van der Waals surface area contributed by atoms with E-state index in [0.29, 0.717) is 25.0 Å². The van der Waals surface area contributed by atoms with Crippen LogP contribution in [0.25, 0.3) is 0 Å². The second-order valence-corrected chi connectivity index (χ2v) is 7.18. The third kappa shape index (κ3) is 3.22. The van der Waals surface area contributed by atoms with Gasteiger partial charge in [-0.3, -0.25) is 4.79 Å². The second kappa shape index (κ2) is 6.84. The standard InChI is InChI=1S/C16H30N2O2.ClH/c1-5-20-13-10-16(17,15(13,3)4)14(19)18-12-9-7-6-8-11(12)2;/h11-13H,5-10,17H2,1-4H3,(H,18,19);1H. The van der Waals surface area contributed by atoms with E-state index in [4.69, 9.17) is 10.5 Å². The molecule has 2 saturated carbocycles. The summed E-state index contributed by atoms with van der Waals surface area (Å²) in [5.41, 5.74) is 5.33. The first-order valence-electron chi connectivity index (χ1n) is 8.04. The van der Waals surface area contributed by atoms with Gasteiger partial charge in [-0.05, 0) is 25.7 Å². The predicted octanol–water partition coefficient (Wildman–Crippen LogP) is 2.64. The van der Waals surface area contributed by atoms with Crippen molar-refractivity contribution in [1.29, 1.82) is 0 Å². The van der Waals surface area contributed by atoms with Crippen molar-refractivity contribution in [3.05, 3.63) is 0 Å². The molecule has 2 rings (SSSR count). The number of carbonyl (C=O) groups excluding carboxylic acids is 1. The minimum absolute atomic E-state index is 0. The summed E-state index contributed by atoms with van der Waals surface area (Å²) in [7, 11) is 0. The van der Waals surface area contributed by atoms with Gasteiger partial charge in [-0.2, -0.15) is 0 Å². The molecule has 2 aliphatic rings. The van der Waals surface area contributed by atoms with Crippen molar-refractivity contribution in [1.82, 2.24) is 5.32 Å². The van der Waals surface area contributed by atoms with Crippen LogP contribution in [-0.2, 0) is 9.53 Å². The normalized spacial score (nSPS) is 38.0. The smallest absolute Gasteiger partial charge is 0.241 e. The van der Waals surface area contributed by atoms with Crippen molar-refractivity contribution >= 4 is 18.3 Å². The summed E-state index contributed by atoms with van der Waals surface area (Å²) >= 11 is 0. The first-order chi connectivity index (χ1) is 9.33. The molecule has 4 nitrogen and oxygen atoms in total. The van der Waals surface area contributed by atoms with Gasteiger partial charge < -0.3 is 15.8 Å². The molecule has 4 atom stereocenters. The lowest BCUT2D eigenvalue weighted by Crippen LogP contribution is -2.76. The Bertz CT molecular complexity index is 375. The summed E-state index contributed by atoms with van der Waals surface area (Å²) in [5, 5.41) is 3.21. The maximum Gasteiger partial charge on any atom is 0.241 e. The Balaban J connectivity index is 0.00000220. The van der Waals surface area contributed by atoms with E-state index in [1.165, 1.54) is 19.3 Å². The van der Waals surface area contributed by atoms with Crippen molar-refractivity contribution in [2.24, 2.45) is 17.1 Å². The zero-order valence-electron chi connectivity index (χ0n) is 13.8. The maximum absolute atomic E-state index is 12.6. The lowest BCUT2D eigenvalue weighted by molar-refractivity contribution is -0.171. The second-order valence-electron chi connectivity index (χ2n) is 7.18. The number of ether oxygens (including phenoxy) is 1. The number of nitrogens with two attached hydrogens (primary N) is 1. The highest BCUT2D eigenvalue weighted by molar-refractivity contribution is 5.89. The molecule has 0 radical (unpaired) electrons. The molecule has 1 amide bonds. The lowest BCUT2D eigenvalue weighted by Gasteiger charge is -2.58. The van der Waals surface area contributed by atoms with Crippen LogP contribution in [0.5, 0.6) is 0 Å². The molecular weight excluding hydrogens is 288 g/mol. The SMILES string of the molecule is CCOC1CC(N)(C(=O)NC2CCCCC2C)C1(C)C.Cl. The molecule has 0 spiro atoms. The van der Waals surface area contributed by atoms with Crippen LogP contribution in [0.3, 0.4) is 0 Å². The molecule has 0 heterocycles. The van der Waals surface area contributed by atoms with Gasteiger partial charge in [0.25, 0.3) is 0 Å². The molecule has 0 aromatic heterocycles. The van der Waals surface area contributed by atoms with Gasteiger partial charge in [0.15, 0.2) is 0 Å². The highest BCUT2D eigenvalue weighted by Gasteiger charge is 2.63. The summed E-state index contributed by atoms with van der Waals surface area (Å²) in [5.74, 6) is 0.569. The summed E-state index contributed by atoms with van der Waals surface area (Å²) in [4.78, 5) is 12.6. The number of rotatable bonds is 4. The van der Waals surface area contributed by atoms with Crippen LogP contribution in [0.2, 0.25) is 0 Å². The number of halogens is 1. The molecule has 2 aliphatic carbocycles. The Morgan fingerprint density at radius 1 is 1.33 bits per heavy atom. The van der Waals surface area contributed by atoms with Gasteiger partial charge in [-0.1, -0.05) is 33.6 Å². The summed E-state index contributed by atoms with van der Waals surface area (Å²) in [6.45, 7) is 8.96. The zero-order valence-corrected chi connectivity index (χ0v) is 14.6.